The van der Waals surface area contributed by atoms with E-state index >= 15 is 0 Å². The van der Waals surface area contributed by atoms with E-state index in [4.69, 9.17) is 4.74 Å². The van der Waals surface area contributed by atoms with E-state index in [-0.39, 0.29) is 6.09 Å². The number of likely N-dealkylation sites (tertiary alicyclic amines) is 1. The first-order valence-corrected chi connectivity index (χ1v) is 9.09. The molecule has 0 radical (unpaired) electrons. The molecule has 2 fully saturated rings. The van der Waals surface area contributed by atoms with Crippen LogP contribution in [-0.2, 0) is 4.74 Å². The summed E-state index contributed by atoms with van der Waals surface area (Å²) in [5, 5.41) is 10.9. The molecule has 0 bridgehead atoms. The number of hydrogen-bond acceptors (Lipinski definition) is 4. The molecule has 23 heavy (non-hydrogen) atoms. The summed E-state index contributed by atoms with van der Waals surface area (Å²) in [4.78, 5) is 16.2. The van der Waals surface area contributed by atoms with Crippen LogP contribution in [0.15, 0.2) is 0 Å². The highest BCUT2D eigenvalue weighted by Crippen LogP contribution is 2.28. The zero-order chi connectivity index (χ0) is 17.1. The van der Waals surface area contributed by atoms with Gasteiger partial charge >= 0.3 is 6.09 Å². The van der Waals surface area contributed by atoms with Crippen molar-refractivity contribution in [3.63, 3.8) is 0 Å². The Labute approximate surface area is 141 Å². The Bertz CT molecular complexity index is 392. The van der Waals surface area contributed by atoms with Gasteiger partial charge in [0.05, 0.1) is 5.60 Å². The molecule has 1 N–H and O–H groups in total. The summed E-state index contributed by atoms with van der Waals surface area (Å²) >= 11 is 0. The minimum Gasteiger partial charge on any atom is -0.444 e. The Balaban J connectivity index is 1.80. The molecule has 0 aromatic carbocycles. The standard InChI is InChI=1S/C18H34N2O3/c1-17(2,3)23-16(21)20-12-10-18(22,11-13-20)14-19(4)15-8-6-5-7-9-15/h15,22H,5-14H2,1-4H3. The summed E-state index contributed by atoms with van der Waals surface area (Å²) < 4.78 is 5.42. The number of likely N-dealkylation sites (N-methyl/N-ethyl adjacent to an activating group) is 1. The van der Waals surface area contributed by atoms with Crippen LogP contribution in [0.25, 0.3) is 0 Å². The first-order chi connectivity index (χ1) is 10.7. The lowest BCUT2D eigenvalue weighted by atomic mass is 9.88. The molecule has 1 heterocycles. The Kier molecular flexibility index (Phi) is 5.95. The summed E-state index contributed by atoms with van der Waals surface area (Å²) in [6.07, 6.45) is 7.44. The fourth-order valence-corrected chi connectivity index (χ4v) is 3.71. The highest BCUT2D eigenvalue weighted by Gasteiger charge is 2.37. The van der Waals surface area contributed by atoms with Crippen molar-refractivity contribution in [1.29, 1.82) is 0 Å². The van der Waals surface area contributed by atoms with E-state index in [2.05, 4.69) is 11.9 Å². The van der Waals surface area contributed by atoms with Crippen LogP contribution in [0.5, 0.6) is 0 Å². The Hall–Kier alpha value is -0.810. The Morgan fingerprint density at radius 1 is 1.22 bits per heavy atom. The summed E-state index contributed by atoms with van der Waals surface area (Å²) in [6, 6.07) is 0.608. The number of ether oxygens (including phenoxy) is 1. The fourth-order valence-electron chi connectivity index (χ4n) is 3.71. The summed E-state index contributed by atoms with van der Waals surface area (Å²) in [6.45, 7) is 7.49. The maximum Gasteiger partial charge on any atom is 0.410 e. The molecule has 0 aromatic heterocycles. The minimum absolute atomic E-state index is 0.264. The first-order valence-electron chi connectivity index (χ1n) is 9.09. The third kappa shape index (κ3) is 5.64. The van der Waals surface area contributed by atoms with E-state index in [0.29, 0.717) is 38.5 Å². The van der Waals surface area contributed by atoms with Crippen molar-refractivity contribution in [2.75, 3.05) is 26.7 Å². The van der Waals surface area contributed by atoms with Gasteiger partial charge in [0, 0.05) is 25.7 Å². The average molecular weight is 326 g/mol. The van der Waals surface area contributed by atoms with E-state index < -0.39 is 11.2 Å². The number of hydrogen-bond donors (Lipinski definition) is 1. The van der Waals surface area contributed by atoms with Crippen LogP contribution in [-0.4, -0.2) is 64.9 Å². The predicted octanol–water partition coefficient (Wildman–Crippen LogP) is 3.01. The van der Waals surface area contributed by atoms with Crippen molar-refractivity contribution in [2.45, 2.75) is 83.0 Å². The van der Waals surface area contributed by atoms with Gasteiger partial charge < -0.3 is 19.6 Å². The Morgan fingerprint density at radius 3 is 2.30 bits per heavy atom. The molecular weight excluding hydrogens is 292 g/mol. The molecule has 5 nitrogen and oxygen atoms in total. The van der Waals surface area contributed by atoms with Gasteiger partial charge in [0.15, 0.2) is 0 Å². The van der Waals surface area contributed by atoms with Crippen molar-refractivity contribution in [3.05, 3.63) is 0 Å². The molecule has 1 aliphatic heterocycles. The monoisotopic (exact) mass is 326 g/mol. The second-order valence-electron chi connectivity index (χ2n) is 8.40. The van der Waals surface area contributed by atoms with Crippen LogP contribution in [0, 0.1) is 0 Å². The van der Waals surface area contributed by atoms with Crippen molar-refractivity contribution in [3.8, 4) is 0 Å². The molecule has 2 aliphatic rings. The first kappa shape index (κ1) is 18.5. The molecule has 134 valence electrons. The molecule has 1 amide bonds. The lowest BCUT2D eigenvalue weighted by Gasteiger charge is -2.42. The van der Waals surface area contributed by atoms with Gasteiger partial charge in [-0.1, -0.05) is 19.3 Å². The van der Waals surface area contributed by atoms with Gasteiger partial charge in [-0.3, -0.25) is 0 Å². The van der Waals surface area contributed by atoms with Crippen molar-refractivity contribution in [2.24, 2.45) is 0 Å². The number of carbonyl (C=O) groups excluding carboxylic acids is 1. The van der Waals surface area contributed by atoms with Crippen LogP contribution < -0.4 is 0 Å². The van der Waals surface area contributed by atoms with Crippen LogP contribution >= 0.6 is 0 Å². The van der Waals surface area contributed by atoms with E-state index in [1.807, 2.05) is 20.8 Å². The predicted molar refractivity (Wildman–Crippen MR) is 91.5 cm³/mol. The molecule has 2 rings (SSSR count). The molecule has 1 aliphatic carbocycles. The zero-order valence-corrected chi connectivity index (χ0v) is 15.3. The van der Waals surface area contributed by atoms with Gasteiger partial charge in [0.1, 0.15) is 5.60 Å². The van der Waals surface area contributed by atoms with Crippen LogP contribution in [0.2, 0.25) is 0 Å². The summed E-state index contributed by atoms with van der Waals surface area (Å²) in [5.74, 6) is 0. The highest BCUT2D eigenvalue weighted by molar-refractivity contribution is 5.68. The Morgan fingerprint density at radius 2 is 1.78 bits per heavy atom. The summed E-state index contributed by atoms with van der Waals surface area (Å²) in [5.41, 5.74) is -1.14. The molecule has 0 spiro atoms. The molecule has 5 heteroatoms. The molecule has 0 atom stereocenters. The second kappa shape index (κ2) is 7.39. The van der Waals surface area contributed by atoms with Crippen LogP contribution in [0.3, 0.4) is 0 Å². The minimum atomic E-state index is -0.676. The van der Waals surface area contributed by atoms with E-state index in [1.165, 1.54) is 32.1 Å². The number of amides is 1. The van der Waals surface area contributed by atoms with Gasteiger partial charge in [-0.15, -0.1) is 0 Å². The van der Waals surface area contributed by atoms with Crippen LogP contribution in [0.1, 0.15) is 65.7 Å². The van der Waals surface area contributed by atoms with Crippen molar-refractivity contribution < 1.29 is 14.6 Å². The van der Waals surface area contributed by atoms with Crippen molar-refractivity contribution >= 4 is 6.09 Å². The lowest BCUT2D eigenvalue weighted by Crippen LogP contribution is -2.53. The number of rotatable bonds is 3. The smallest absolute Gasteiger partial charge is 0.410 e. The number of nitrogens with zero attached hydrogens (tertiary/aromatic N) is 2. The van der Waals surface area contributed by atoms with Gasteiger partial charge in [0.25, 0.3) is 0 Å². The molecule has 0 aromatic rings. The van der Waals surface area contributed by atoms with Gasteiger partial charge in [-0.05, 0) is 53.5 Å². The van der Waals surface area contributed by atoms with Gasteiger partial charge in [-0.25, -0.2) is 4.79 Å². The maximum absolute atomic E-state index is 12.1. The molecule has 1 saturated carbocycles. The third-order valence-corrected chi connectivity index (χ3v) is 5.09. The normalized spacial score (nSPS) is 23.1. The van der Waals surface area contributed by atoms with E-state index in [1.54, 1.807) is 4.90 Å². The SMILES string of the molecule is CN(CC1(O)CCN(C(=O)OC(C)(C)C)CC1)C1CCCCC1. The van der Waals surface area contributed by atoms with Gasteiger partial charge in [-0.2, -0.15) is 0 Å². The third-order valence-electron chi connectivity index (χ3n) is 5.09. The largest absolute Gasteiger partial charge is 0.444 e. The lowest BCUT2D eigenvalue weighted by molar-refractivity contribution is -0.0540. The second-order valence-corrected chi connectivity index (χ2v) is 8.40. The topological polar surface area (TPSA) is 53.0 Å². The molecule has 0 unspecified atom stereocenters. The van der Waals surface area contributed by atoms with Crippen LogP contribution in [0.4, 0.5) is 4.79 Å². The number of carbonyl (C=O) groups is 1. The van der Waals surface area contributed by atoms with E-state index in [0.717, 1.165) is 0 Å². The maximum atomic E-state index is 12.1. The number of piperidine rings is 1. The average Bonchev–Trinajstić information content (AvgIpc) is 2.46. The van der Waals surface area contributed by atoms with Crippen molar-refractivity contribution in [1.82, 2.24) is 9.80 Å². The fraction of sp³-hybridized carbons (Fsp3) is 0.944. The molecule has 1 saturated heterocycles. The zero-order valence-electron chi connectivity index (χ0n) is 15.3. The van der Waals surface area contributed by atoms with Gasteiger partial charge in [0.2, 0.25) is 0 Å². The number of aliphatic hydroxyl groups is 1. The molecular formula is C18H34N2O3. The summed E-state index contributed by atoms with van der Waals surface area (Å²) in [7, 11) is 2.13. The highest BCUT2D eigenvalue weighted by atomic mass is 16.6. The van der Waals surface area contributed by atoms with E-state index in [9.17, 15) is 9.90 Å². The quantitative estimate of drug-likeness (QED) is 0.866.